The molecule has 3 heteroatoms. The molecule has 0 aromatic heterocycles. The minimum atomic E-state index is -0.0821. The Morgan fingerprint density at radius 3 is 2.59 bits per heavy atom. The number of amides is 1. The molecule has 3 nitrogen and oxygen atoms in total. The Morgan fingerprint density at radius 1 is 1.12 bits per heavy atom. The zero-order valence-corrected chi connectivity index (χ0v) is 9.60. The van der Waals surface area contributed by atoms with E-state index in [4.69, 9.17) is 5.73 Å². The van der Waals surface area contributed by atoms with E-state index in [-0.39, 0.29) is 5.91 Å². The molecule has 0 aliphatic heterocycles. The van der Waals surface area contributed by atoms with Gasteiger partial charge in [0, 0.05) is 23.9 Å². The summed E-state index contributed by atoms with van der Waals surface area (Å²) in [5.41, 5.74) is 9.23. The number of rotatable bonds is 2. The Kier molecular flexibility index (Phi) is 3.10. The number of carbonyl (C=O) groups excluding carboxylic acids is 1. The molecule has 3 N–H and O–H groups in total. The number of nitrogen functional groups attached to an aromatic ring is 1. The third-order valence-electron chi connectivity index (χ3n) is 2.44. The molecule has 0 radical (unpaired) electrons. The third-order valence-corrected chi connectivity index (χ3v) is 2.44. The van der Waals surface area contributed by atoms with Crippen molar-refractivity contribution in [1.29, 1.82) is 0 Å². The van der Waals surface area contributed by atoms with Crippen molar-refractivity contribution < 1.29 is 4.79 Å². The third kappa shape index (κ3) is 2.64. The summed E-state index contributed by atoms with van der Waals surface area (Å²) in [5, 5.41) is 2.81. The highest BCUT2D eigenvalue weighted by atomic mass is 16.1. The van der Waals surface area contributed by atoms with Gasteiger partial charge in [0.05, 0.1) is 0 Å². The van der Waals surface area contributed by atoms with Gasteiger partial charge in [-0.15, -0.1) is 0 Å². The first-order valence-electron chi connectivity index (χ1n) is 5.39. The van der Waals surface area contributed by atoms with Crippen LogP contribution >= 0.6 is 0 Å². The average molecular weight is 226 g/mol. The second-order valence-electron chi connectivity index (χ2n) is 3.85. The zero-order chi connectivity index (χ0) is 12.3. The molecule has 2 aromatic carbocycles. The van der Waals surface area contributed by atoms with E-state index in [9.17, 15) is 4.79 Å². The maximum atomic E-state index is 11.1. The molecule has 0 saturated carbocycles. The van der Waals surface area contributed by atoms with E-state index in [2.05, 4.69) is 5.32 Å². The van der Waals surface area contributed by atoms with Crippen LogP contribution in [0.1, 0.15) is 6.92 Å². The van der Waals surface area contributed by atoms with Gasteiger partial charge in [0.2, 0.25) is 5.91 Å². The van der Waals surface area contributed by atoms with Gasteiger partial charge >= 0.3 is 0 Å². The fourth-order valence-electron chi connectivity index (χ4n) is 1.74. The molecule has 0 bridgehead atoms. The molecule has 0 unspecified atom stereocenters. The monoisotopic (exact) mass is 226 g/mol. The topological polar surface area (TPSA) is 55.1 Å². The number of benzene rings is 2. The van der Waals surface area contributed by atoms with Crippen molar-refractivity contribution in [2.75, 3.05) is 11.1 Å². The summed E-state index contributed by atoms with van der Waals surface area (Å²) in [6, 6.07) is 15.3. The van der Waals surface area contributed by atoms with Crippen molar-refractivity contribution in [2.45, 2.75) is 6.92 Å². The van der Waals surface area contributed by atoms with E-state index in [0.29, 0.717) is 5.69 Å². The van der Waals surface area contributed by atoms with Crippen molar-refractivity contribution in [3.05, 3.63) is 48.5 Å². The highest BCUT2D eigenvalue weighted by Gasteiger charge is 2.05. The van der Waals surface area contributed by atoms with E-state index in [1.807, 2.05) is 48.5 Å². The van der Waals surface area contributed by atoms with Crippen LogP contribution in [-0.4, -0.2) is 5.91 Å². The molecular weight excluding hydrogens is 212 g/mol. The molecule has 0 aliphatic carbocycles. The summed E-state index contributed by atoms with van der Waals surface area (Å²) >= 11 is 0. The van der Waals surface area contributed by atoms with E-state index < -0.39 is 0 Å². The van der Waals surface area contributed by atoms with Gasteiger partial charge in [0.25, 0.3) is 0 Å². The Bertz CT molecular complexity index is 549. The predicted molar refractivity (Wildman–Crippen MR) is 70.6 cm³/mol. The van der Waals surface area contributed by atoms with Crippen LogP contribution < -0.4 is 11.1 Å². The quantitative estimate of drug-likeness (QED) is 0.773. The lowest BCUT2D eigenvalue weighted by molar-refractivity contribution is -0.114. The molecule has 2 aromatic rings. The minimum Gasteiger partial charge on any atom is -0.399 e. The lowest BCUT2D eigenvalue weighted by Crippen LogP contribution is -2.06. The molecule has 1 amide bonds. The molecule has 17 heavy (non-hydrogen) atoms. The number of anilines is 2. The molecule has 0 heterocycles. The zero-order valence-electron chi connectivity index (χ0n) is 9.60. The fourth-order valence-corrected chi connectivity index (χ4v) is 1.74. The van der Waals surface area contributed by atoms with Crippen LogP contribution in [0.5, 0.6) is 0 Å². The number of hydrogen-bond acceptors (Lipinski definition) is 2. The Hall–Kier alpha value is -2.29. The number of nitrogens with two attached hydrogens (primary N) is 1. The van der Waals surface area contributed by atoms with Gasteiger partial charge in [0.1, 0.15) is 0 Å². The number of hydrogen-bond donors (Lipinski definition) is 2. The summed E-state index contributed by atoms with van der Waals surface area (Å²) in [7, 11) is 0. The molecule has 0 fully saturated rings. The smallest absolute Gasteiger partial charge is 0.221 e. The lowest BCUT2D eigenvalue weighted by atomic mass is 10.0. The van der Waals surface area contributed by atoms with Crippen LogP contribution in [0.4, 0.5) is 11.4 Å². The van der Waals surface area contributed by atoms with Gasteiger partial charge in [-0.1, -0.05) is 30.3 Å². The van der Waals surface area contributed by atoms with E-state index in [1.54, 1.807) is 0 Å². The number of carbonyl (C=O) groups is 1. The van der Waals surface area contributed by atoms with E-state index in [0.717, 1.165) is 16.8 Å². The summed E-state index contributed by atoms with van der Waals surface area (Å²) < 4.78 is 0. The Labute approximate surface area is 100 Å². The highest BCUT2D eigenvalue weighted by molar-refractivity contribution is 5.94. The van der Waals surface area contributed by atoms with E-state index >= 15 is 0 Å². The molecule has 2 rings (SSSR count). The molecule has 0 atom stereocenters. The molecule has 0 spiro atoms. The first-order valence-corrected chi connectivity index (χ1v) is 5.39. The predicted octanol–water partition coefficient (Wildman–Crippen LogP) is 2.89. The highest BCUT2D eigenvalue weighted by Crippen LogP contribution is 2.28. The largest absolute Gasteiger partial charge is 0.399 e. The van der Waals surface area contributed by atoms with Crippen LogP contribution in [-0.2, 0) is 4.79 Å². The minimum absolute atomic E-state index is 0.0821. The maximum Gasteiger partial charge on any atom is 0.221 e. The molecule has 0 saturated heterocycles. The van der Waals surface area contributed by atoms with Crippen molar-refractivity contribution in [1.82, 2.24) is 0 Å². The van der Waals surface area contributed by atoms with Crippen LogP contribution in [0.25, 0.3) is 11.1 Å². The fraction of sp³-hybridized carbons (Fsp3) is 0.0714. The Balaban J connectivity index is 2.47. The van der Waals surface area contributed by atoms with Gasteiger partial charge in [-0.2, -0.15) is 0 Å². The summed E-state index contributed by atoms with van der Waals surface area (Å²) in [6.45, 7) is 1.50. The summed E-state index contributed by atoms with van der Waals surface area (Å²) in [6.07, 6.45) is 0. The molecular formula is C14H14N2O. The van der Waals surface area contributed by atoms with Gasteiger partial charge < -0.3 is 11.1 Å². The first-order chi connectivity index (χ1) is 8.16. The standard InChI is InChI=1S/C14H14N2O/c1-10(17)16-14-8-3-2-7-13(14)11-5-4-6-12(15)9-11/h2-9H,15H2,1H3,(H,16,17). The number of para-hydroxylation sites is 1. The second kappa shape index (κ2) is 4.70. The van der Waals surface area contributed by atoms with Crippen LogP contribution in [0.15, 0.2) is 48.5 Å². The van der Waals surface area contributed by atoms with Crippen molar-refractivity contribution in [3.63, 3.8) is 0 Å². The maximum absolute atomic E-state index is 11.1. The number of nitrogens with one attached hydrogen (secondary N) is 1. The summed E-state index contributed by atoms with van der Waals surface area (Å²) in [4.78, 5) is 11.1. The summed E-state index contributed by atoms with van der Waals surface area (Å²) in [5.74, 6) is -0.0821. The second-order valence-corrected chi connectivity index (χ2v) is 3.85. The van der Waals surface area contributed by atoms with Crippen molar-refractivity contribution in [3.8, 4) is 11.1 Å². The van der Waals surface area contributed by atoms with Crippen molar-refractivity contribution in [2.24, 2.45) is 0 Å². The van der Waals surface area contributed by atoms with Gasteiger partial charge in [-0.05, 0) is 23.8 Å². The average Bonchev–Trinajstić information content (AvgIpc) is 2.29. The van der Waals surface area contributed by atoms with E-state index in [1.165, 1.54) is 6.92 Å². The van der Waals surface area contributed by atoms with Crippen LogP contribution in [0.2, 0.25) is 0 Å². The lowest BCUT2D eigenvalue weighted by Gasteiger charge is -2.10. The van der Waals surface area contributed by atoms with Crippen LogP contribution in [0.3, 0.4) is 0 Å². The van der Waals surface area contributed by atoms with Gasteiger partial charge in [-0.3, -0.25) is 4.79 Å². The van der Waals surface area contributed by atoms with Gasteiger partial charge in [-0.25, -0.2) is 0 Å². The van der Waals surface area contributed by atoms with Crippen LogP contribution in [0, 0.1) is 0 Å². The van der Waals surface area contributed by atoms with Crippen molar-refractivity contribution >= 4 is 17.3 Å². The molecule has 86 valence electrons. The van der Waals surface area contributed by atoms with Gasteiger partial charge in [0.15, 0.2) is 0 Å². The normalized spacial score (nSPS) is 9.94. The SMILES string of the molecule is CC(=O)Nc1ccccc1-c1cccc(N)c1. The first kappa shape index (κ1) is 11.2. The Morgan fingerprint density at radius 2 is 1.88 bits per heavy atom. The molecule has 0 aliphatic rings.